The number of imide groups is 2. The van der Waals surface area contributed by atoms with Gasteiger partial charge in [-0.25, -0.2) is 9.69 Å². The fourth-order valence-corrected chi connectivity index (χ4v) is 5.13. The Kier molecular flexibility index (Phi) is 9.87. The number of benzene rings is 4. The molecule has 1 aliphatic heterocycles. The number of allylic oxidation sites excluding steroid dienone is 1. The fraction of sp³-hybridized carbons (Fsp3) is 0.114. The lowest BCUT2D eigenvalue weighted by Gasteiger charge is -2.26. The summed E-state index contributed by atoms with van der Waals surface area (Å²) in [5, 5.41) is 3.22. The number of amides is 4. The van der Waals surface area contributed by atoms with E-state index in [1.54, 1.807) is 60.7 Å². The Morgan fingerprint density at radius 2 is 1.62 bits per heavy atom. The van der Waals surface area contributed by atoms with Crippen LogP contribution in [0, 0.1) is 0 Å². The second-order valence-electron chi connectivity index (χ2n) is 9.95. The van der Waals surface area contributed by atoms with Gasteiger partial charge in [0.15, 0.2) is 11.5 Å². The Labute approximate surface area is 270 Å². The molecule has 1 fully saturated rings. The lowest BCUT2D eigenvalue weighted by Crippen LogP contribution is -2.54. The Morgan fingerprint density at radius 1 is 0.867 bits per heavy atom. The number of nitrogens with one attached hydrogen (secondary N) is 1. The minimum atomic E-state index is -0.852. The highest BCUT2D eigenvalue weighted by Crippen LogP contribution is 2.36. The largest absolute Gasteiger partial charge is 0.493 e. The average Bonchev–Trinajstić information content (AvgIpc) is 3.03. The summed E-state index contributed by atoms with van der Waals surface area (Å²) < 4.78 is 17.5. The molecule has 228 valence electrons. The van der Waals surface area contributed by atoms with E-state index in [0.717, 1.165) is 16.0 Å². The zero-order chi connectivity index (χ0) is 31.9. The van der Waals surface area contributed by atoms with Gasteiger partial charge in [-0.15, -0.1) is 6.58 Å². The SMILES string of the molecule is C=CCc1cc(/C=C2\C(=O)NC(=O)N(c3ccc(OCc4ccccc4)cc3)C2=O)cc(OC)c1OCc1ccc(Cl)cc1Cl. The van der Waals surface area contributed by atoms with Gasteiger partial charge in [0, 0.05) is 21.2 Å². The smallest absolute Gasteiger partial charge is 0.335 e. The molecule has 0 atom stereocenters. The number of anilines is 1. The predicted octanol–water partition coefficient (Wildman–Crippen LogP) is 7.55. The number of halogens is 2. The number of rotatable bonds is 11. The van der Waals surface area contributed by atoms with E-state index < -0.39 is 17.8 Å². The molecule has 45 heavy (non-hydrogen) atoms. The van der Waals surface area contributed by atoms with E-state index in [2.05, 4.69) is 11.9 Å². The molecule has 4 aromatic carbocycles. The van der Waals surface area contributed by atoms with Crippen LogP contribution in [0.5, 0.6) is 17.2 Å². The summed E-state index contributed by atoms with van der Waals surface area (Å²) in [6.45, 7) is 4.34. The molecule has 0 aliphatic carbocycles. The predicted molar refractivity (Wildman–Crippen MR) is 174 cm³/mol. The maximum Gasteiger partial charge on any atom is 0.335 e. The lowest BCUT2D eigenvalue weighted by atomic mass is 10.0. The van der Waals surface area contributed by atoms with Gasteiger partial charge in [0.2, 0.25) is 0 Å². The quantitative estimate of drug-likeness (QED) is 0.103. The maximum atomic E-state index is 13.5. The molecule has 5 rings (SSSR count). The molecule has 1 heterocycles. The molecule has 1 saturated heterocycles. The number of hydrogen-bond donors (Lipinski definition) is 1. The number of hydrogen-bond acceptors (Lipinski definition) is 6. The van der Waals surface area contributed by atoms with Gasteiger partial charge < -0.3 is 14.2 Å². The van der Waals surface area contributed by atoms with Gasteiger partial charge in [0.25, 0.3) is 11.8 Å². The molecule has 0 bridgehead atoms. The summed E-state index contributed by atoms with van der Waals surface area (Å²) >= 11 is 12.3. The molecule has 0 aromatic heterocycles. The van der Waals surface area contributed by atoms with Crippen LogP contribution in [0.2, 0.25) is 10.0 Å². The van der Waals surface area contributed by atoms with Crippen LogP contribution in [0.4, 0.5) is 10.5 Å². The van der Waals surface area contributed by atoms with Crippen molar-refractivity contribution in [2.45, 2.75) is 19.6 Å². The molecule has 0 unspecified atom stereocenters. The third-order valence-corrected chi connectivity index (χ3v) is 7.47. The van der Waals surface area contributed by atoms with Crippen molar-refractivity contribution >= 4 is 52.8 Å². The van der Waals surface area contributed by atoms with Crippen LogP contribution in [-0.4, -0.2) is 25.0 Å². The Hall–Kier alpha value is -5.05. The van der Waals surface area contributed by atoms with E-state index in [1.165, 1.54) is 13.2 Å². The zero-order valence-corrected chi connectivity index (χ0v) is 25.7. The van der Waals surface area contributed by atoms with Gasteiger partial charge in [-0.05, 0) is 72.2 Å². The molecule has 0 radical (unpaired) electrons. The summed E-state index contributed by atoms with van der Waals surface area (Å²) in [4.78, 5) is 40.1. The Bertz CT molecular complexity index is 1790. The first kappa shape index (κ1) is 31.4. The average molecular weight is 644 g/mol. The lowest BCUT2D eigenvalue weighted by molar-refractivity contribution is -0.122. The zero-order valence-electron chi connectivity index (χ0n) is 24.2. The minimum Gasteiger partial charge on any atom is -0.493 e. The minimum absolute atomic E-state index is 0.144. The number of barbiturate groups is 1. The third kappa shape index (κ3) is 7.37. The molecular weight excluding hydrogens is 615 g/mol. The topological polar surface area (TPSA) is 94.2 Å². The van der Waals surface area contributed by atoms with Crippen molar-refractivity contribution in [1.82, 2.24) is 5.32 Å². The van der Waals surface area contributed by atoms with Gasteiger partial charge in [0.05, 0.1) is 12.8 Å². The summed E-state index contributed by atoms with van der Waals surface area (Å²) in [5.41, 5.74) is 2.95. The van der Waals surface area contributed by atoms with Crippen molar-refractivity contribution in [3.63, 3.8) is 0 Å². The monoisotopic (exact) mass is 642 g/mol. The standard InChI is InChI=1S/C35H28Cl2N2O6/c1-3-7-24-16-23(18-31(43-2)32(24)45-21-25-10-11-26(36)19-30(25)37)17-29-33(40)38-35(42)39(34(29)41)27-12-14-28(15-13-27)44-20-22-8-5-4-6-9-22/h3-6,8-19H,1,7,20-21H2,2H3,(H,38,40,42)/b29-17+. The summed E-state index contributed by atoms with van der Waals surface area (Å²) in [7, 11) is 1.48. The number of methoxy groups -OCH3 is 1. The van der Waals surface area contributed by atoms with Crippen molar-refractivity contribution in [3.8, 4) is 17.2 Å². The Morgan fingerprint density at radius 3 is 2.31 bits per heavy atom. The second kappa shape index (κ2) is 14.2. The van der Waals surface area contributed by atoms with Crippen molar-refractivity contribution in [2.24, 2.45) is 0 Å². The van der Waals surface area contributed by atoms with Crippen LogP contribution in [-0.2, 0) is 29.2 Å². The highest BCUT2D eigenvalue weighted by Gasteiger charge is 2.37. The van der Waals surface area contributed by atoms with Crippen molar-refractivity contribution in [2.75, 3.05) is 12.0 Å². The summed E-state index contributed by atoms with van der Waals surface area (Å²) in [6, 6.07) is 23.8. The van der Waals surface area contributed by atoms with Crippen molar-refractivity contribution in [1.29, 1.82) is 0 Å². The molecule has 1 aliphatic rings. The number of nitrogens with zero attached hydrogens (tertiary/aromatic N) is 1. The first-order valence-electron chi connectivity index (χ1n) is 13.8. The van der Waals surface area contributed by atoms with Crippen LogP contribution in [0.3, 0.4) is 0 Å². The summed E-state index contributed by atoms with van der Waals surface area (Å²) in [6.07, 6.45) is 3.50. The molecule has 1 N–H and O–H groups in total. The molecule has 0 spiro atoms. The van der Waals surface area contributed by atoms with Gasteiger partial charge in [-0.2, -0.15) is 0 Å². The van der Waals surface area contributed by atoms with Crippen LogP contribution >= 0.6 is 23.2 Å². The van der Waals surface area contributed by atoms with Gasteiger partial charge in [-0.1, -0.05) is 65.7 Å². The maximum absolute atomic E-state index is 13.5. The van der Waals surface area contributed by atoms with E-state index in [4.69, 9.17) is 37.4 Å². The molecular formula is C35H28Cl2N2O6. The highest BCUT2D eigenvalue weighted by molar-refractivity contribution is 6.39. The van der Waals surface area contributed by atoms with Gasteiger partial charge in [-0.3, -0.25) is 14.9 Å². The summed E-state index contributed by atoms with van der Waals surface area (Å²) in [5.74, 6) is -0.207. The van der Waals surface area contributed by atoms with Crippen LogP contribution in [0.25, 0.3) is 6.08 Å². The van der Waals surface area contributed by atoms with Gasteiger partial charge in [0.1, 0.15) is 24.5 Å². The molecule has 4 amide bonds. The molecule has 4 aromatic rings. The van der Waals surface area contributed by atoms with E-state index >= 15 is 0 Å². The van der Waals surface area contributed by atoms with Crippen LogP contribution in [0.15, 0.2) is 103 Å². The first-order chi connectivity index (χ1) is 21.8. The number of carbonyl (C=O) groups is 3. The van der Waals surface area contributed by atoms with Crippen molar-refractivity contribution in [3.05, 3.63) is 135 Å². The van der Waals surface area contributed by atoms with E-state index in [-0.39, 0.29) is 17.9 Å². The normalized spacial score (nSPS) is 13.9. The number of ether oxygens (including phenoxy) is 3. The second-order valence-corrected chi connectivity index (χ2v) is 10.8. The van der Waals surface area contributed by atoms with E-state index in [9.17, 15) is 14.4 Å². The molecule has 10 heteroatoms. The third-order valence-electron chi connectivity index (χ3n) is 6.88. The van der Waals surface area contributed by atoms with Gasteiger partial charge >= 0.3 is 6.03 Å². The van der Waals surface area contributed by atoms with Crippen LogP contribution in [0.1, 0.15) is 22.3 Å². The van der Waals surface area contributed by atoms with Crippen LogP contribution < -0.4 is 24.4 Å². The van der Waals surface area contributed by atoms with E-state index in [0.29, 0.717) is 51.4 Å². The van der Waals surface area contributed by atoms with E-state index in [1.807, 2.05) is 30.3 Å². The number of carbonyl (C=O) groups excluding carboxylic acids is 3. The molecule has 8 nitrogen and oxygen atoms in total. The highest BCUT2D eigenvalue weighted by atomic mass is 35.5. The number of urea groups is 1. The molecule has 0 saturated carbocycles. The van der Waals surface area contributed by atoms with Crippen molar-refractivity contribution < 1.29 is 28.6 Å². The first-order valence-corrected chi connectivity index (χ1v) is 14.6. The fourth-order valence-electron chi connectivity index (χ4n) is 4.67. The Balaban J connectivity index is 1.39.